The number of halogens is 2. The number of oxazole rings is 1. The summed E-state index contributed by atoms with van der Waals surface area (Å²) in [5.41, 5.74) is 1.63. The van der Waals surface area contributed by atoms with Gasteiger partial charge in [0.2, 0.25) is 11.8 Å². The van der Waals surface area contributed by atoms with Crippen molar-refractivity contribution in [3.63, 3.8) is 0 Å². The maximum atomic E-state index is 12.8. The minimum Gasteiger partial charge on any atom is -0.444 e. The molecule has 8 heteroatoms. The lowest BCUT2D eigenvalue weighted by Crippen LogP contribution is -2.47. The largest absolute Gasteiger partial charge is 0.444 e. The van der Waals surface area contributed by atoms with E-state index in [4.69, 9.17) is 13.9 Å². The Balaban J connectivity index is 1.11. The SMILES string of the molecule is FC(F)c1coc(-c2cccc(NCC34CCC(c5nc(C6CC6)no5)(CC3)CC4)c2)n1. The third-order valence-corrected chi connectivity index (χ3v) is 7.76. The van der Waals surface area contributed by atoms with Crippen molar-refractivity contribution in [2.24, 2.45) is 5.41 Å². The van der Waals surface area contributed by atoms with Crippen molar-refractivity contribution in [1.29, 1.82) is 0 Å². The predicted octanol–water partition coefficient (Wildman–Crippen LogP) is 6.24. The number of benzene rings is 1. The second-order valence-corrected chi connectivity index (χ2v) is 9.82. The van der Waals surface area contributed by atoms with Gasteiger partial charge in [-0.15, -0.1) is 0 Å². The summed E-state index contributed by atoms with van der Waals surface area (Å²) < 4.78 is 36.6. The lowest BCUT2D eigenvalue weighted by molar-refractivity contribution is 0.0322. The molecule has 2 aromatic heterocycles. The first-order valence-electron chi connectivity index (χ1n) is 11.5. The molecule has 0 saturated heterocycles. The molecular formula is C24H26F2N4O2. The molecule has 4 aliphatic carbocycles. The maximum Gasteiger partial charge on any atom is 0.283 e. The van der Waals surface area contributed by atoms with Gasteiger partial charge in [-0.3, -0.25) is 0 Å². The summed E-state index contributed by atoms with van der Waals surface area (Å²) in [7, 11) is 0. The number of nitrogens with zero attached hydrogens (tertiary/aromatic N) is 3. The van der Waals surface area contributed by atoms with E-state index in [1.54, 1.807) is 0 Å². The second kappa shape index (κ2) is 7.39. The number of aromatic nitrogens is 3. The third-order valence-electron chi connectivity index (χ3n) is 7.76. The Labute approximate surface area is 184 Å². The molecule has 0 atom stereocenters. The molecule has 168 valence electrons. The van der Waals surface area contributed by atoms with Crippen LogP contribution in [0.15, 0.2) is 39.5 Å². The highest BCUT2D eigenvalue weighted by Gasteiger charge is 2.52. The van der Waals surface area contributed by atoms with Gasteiger partial charge in [-0.1, -0.05) is 11.2 Å². The second-order valence-electron chi connectivity index (χ2n) is 9.82. The zero-order valence-electron chi connectivity index (χ0n) is 17.8. The molecule has 1 aromatic carbocycles. The first-order chi connectivity index (χ1) is 15.5. The number of rotatable bonds is 7. The lowest BCUT2D eigenvalue weighted by Gasteiger charge is -2.52. The topological polar surface area (TPSA) is 77.0 Å². The molecule has 4 aliphatic rings. The fourth-order valence-corrected chi connectivity index (χ4v) is 5.38. The Hall–Kier alpha value is -2.77. The van der Waals surface area contributed by atoms with Crippen molar-refractivity contribution >= 4 is 5.69 Å². The number of alkyl halides is 2. The zero-order valence-corrected chi connectivity index (χ0v) is 17.8. The summed E-state index contributed by atoms with van der Waals surface area (Å²) in [6, 6.07) is 7.61. The van der Waals surface area contributed by atoms with E-state index < -0.39 is 6.43 Å². The van der Waals surface area contributed by atoms with Crippen molar-refractivity contribution in [2.45, 2.75) is 69.1 Å². The van der Waals surface area contributed by atoms with E-state index >= 15 is 0 Å². The van der Waals surface area contributed by atoms with Crippen molar-refractivity contribution in [3.05, 3.63) is 47.9 Å². The molecule has 4 saturated carbocycles. The van der Waals surface area contributed by atoms with Crippen LogP contribution < -0.4 is 5.32 Å². The normalized spacial score (nSPS) is 27.2. The molecule has 0 radical (unpaired) electrons. The molecule has 0 amide bonds. The van der Waals surface area contributed by atoms with Gasteiger partial charge in [0.1, 0.15) is 12.0 Å². The fourth-order valence-electron chi connectivity index (χ4n) is 5.38. The van der Waals surface area contributed by atoms with E-state index in [0.717, 1.165) is 68.7 Å². The van der Waals surface area contributed by atoms with Crippen molar-refractivity contribution in [2.75, 3.05) is 11.9 Å². The van der Waals surface area contributed by atoms with Crippen LogP contribution in [0.1, 0.15) is 81.1 Å². The monoisotopic (exact) mass is 440 g/mol. The molecule has 0 unspecified atom stereocenters. The molecule has 32 heavy (non-hydrogen) atoms. The highest BCUT2D eigenvalue weighted by molar-refractivity contribution is 5.61. The molecule has 0 aliphatic heterocycles. The summed E-state index contributed by atoms with van der Waals surface area (Å²) >= 11 is 0. The molecule has 1 N–H and O–H groups in total. The number of anilines is 1. The average molecular weight is 440 g/mol. The van der Waals surface area contributed by atoms with E-state index in [2.05, 4.69) is 15.5 Å². The van der Waals surface area contributed by atoms with Crippen molar-refractivity contribution < 1.29 is 17.7 Å². The third kappa shape index (κ3) is 3.49. The van der Waals surface area contributed by atoms with Crippen LogP contribution >= 0.6 is 0 Å². The van der Waals surface area contributed by atoms with E-state index in [0.29, 0.717) is 11.5 Å². The molecular weight excluding hydrogens is 414 g/mol. The van der Waals surface area contributed by atoms with Gasteiger partial charge in [-0.25, -0.2) is 13.8 Å². The van der Waals surface area contributed by atoms with E-state index in [-0.39, 0.29) is 22.4 Å². The van der Waals surface area contributed by atoms with Crippen molar-refractivity contribution in [1.82, 2.24) is 15.1 Å². The number of hydrogen-bond acceptors (Lipinski definition) is 6. The van der Waals surface area contributed by atoms with Crippen LogP contribution in [-0.2, 0) is 5.41 Å². The minimum atomic E-state index is -2.63. The van der Waals surface area contributed by atoms with Gasteiger partial charge in [0, 0.05) is 29.1 Å². The highest BCUT2D eigenvalue weighted by Crippen LogP contribution is 2.57. The predicted molar refractivity (Wildman–Crippen MR) is 113 cm³/mol. The molecule has 0 spiro atoms. The number of hydrogen-bond donors (Lipinski definition) is 1. The smallest absolute Gasteiger partial charge is 0.283 e. The molecule has 2 heterocycles. The Morgan fingerprint density at radius 1 is 1.06 bits per heavy atom. The highest BCUT2D eigenvalue weighted by atomic mass is 19.3. The Kier molecular flexibility index (Phi) is 4.59. The van der Waals surface area contributed by atoms with Crippen LogP contribution in [0.2, 0.25) is 0 Å². The quantitative estimate of drug-likeness (QED) is 0.468. The van der Waals surface area contributed by atoms with Crippen LogP contribution in [0.3, 0.4) is 0 Å². The average Bonchev–Trinajstić information content (AvgIpc) is 3.34. The molecule has 6 nitrogen and oxygen atoms in total. The first kappa shape index (κ1) is 19.9. The Morgan fingerprint density at radius 2 is 1.84 bits per heavy atom. The van der Waals surface area contributed by atoms with Gasteiger partial charge in [0.15, 0.2) is 5.82 Å². The molecule has 2 bridgehead atoms. The van der Waals surface area contributed by atoms with E-state index in [1.807, 2.05) is 24.3 Å². The lowest BCUT2D eigenvalue weighted by atomic mass is 9.53. The zero-order chi connectivity index (χ0) is 21.8. The van der Waals surface area contributed by atoms with Crippen LogP contribution in [-0.4, -0.2) is 21.7 Å². The van der Waals surface area contributed by atoms with Crippen LogP contribution in [0.25, 0.3) is 11.5 Å². The minimum absolute atomic E-state index is 0.0647. The standard InChI is InChI=1S/C24H26F2N4O2/c25-19(26)18-13-31-21(28-18)16-2-1-3-17(12-16)27-14-23-6-9-24(10-7-23,11-8-23)22-29-20(30-32-22)15-4-5-15/h1-3,12-13,15,19,27H,4-11,14H2. The number of fused-ring (bicyclic) bond motifs is 3. The van der Waals surface area contributed by atoms with E-state index in [1.165, 1.54) is 12.8 Å². The van der Waals surface area contributed by atoms with Gasteiger partial charge in [0.25, 0.3) is 6.43 Å². The van der Waals surface area contributed by atoms with E-state index in [9.17, 15) is 8.78 Å². The van der Waals surface area contributed by atoms with Crippen LogP contribution in [0.4, 0.5) is 14.5 Å². The Bertz CT molecular complexity index is 1100. The summed E-state index contributed by atoms with van der Waals surface area (Å²) in [6.07, 6.45) is 7.44. The van der Waals surface area contributed by atoms with Crippen molar-refractivity contribution in [3.8, 4) is 11.5 Å². The summed E-state index contributed by atoms with van der Waals surface area (Å²) in [5.74, 6) is 2.51. The Morgan fingerprint density at radius 3 is 2.53 bits per heavy atom. The molecule has 7 rings (SSSR count). The van der Waals surface area contributed by atoms with Crippen LogP contribution in [0, 0.1) is 5.41 Å². The first-order valence-corrected chi connectivity index (χ1v) is 11.5. The maximum absolute atomic E-state index is 12.8. The van der Waals surface area contributed by atoms with Gasteiger partial charge < -0.3 is 14.3 Å². The number of nitrogens with one attached hydrogen (secondary N) is 1. The van der Waals surface area contributed by atoms with Gasteiger partial charge in [-0.2, -0.15) is 4.98 Å². The van der Waals surface area contributed by atoms with Gasteiger partial charge in [-0.05, 0) is 75.0 Å². The summed E-state index contributed by atoms with van der Waals surface area (Å²) in [6.45, 7) is 0.886. The molecule has 4 fully saturated rings. The summed E-state index contributed by atoms with van der Waals surface area (Å²) in [4.78, 5) is 8.67. The van der Waals surface area contributed by atoms with Gasteiger partial charge in [0.05, 0.1) is 0 Å². The summed E-state index contributed by atoms with van der Waals surface area (Å²) in [5, 5.41) is 7.83. The van der Waals surface area contributed by atoms with Crippen LogP contribution in [0.5, 0.6) is 0 Å². The molecule has 3 aromatic rings. The van der Waals surface area contributed by atoms with Gasteiger partial charge >= 0.3 is 0 Å². The fraction of sp³-hybridized carbons (Fsp3) is 0.542.